The van der Waals surface area contributed by atoms with E-state index in [0.717, 1.165) is 43.0 Å². The molecular weight excluding hydrogens is 477 g/mol. The number of pyridine rings is 1. The molecule has 5 nitrogen and oxygen atoms in total. The summed E-state index contributed by atoms with van der Waals surface area (Å²) in [7, 11) is 0. The summed E-state index contributed by atoms with van der Waals surface area (Å²) in [6.07, 6.45) is 7.06. The zero-order valence-electron chi connectivity index (χ0n) is 21.4. The minimum atomic E-state index is 0. The molecule has 3 aromatic rings. The van der Waals surface area contributed by atoms with Crippen molar-refractivity contribution in [2.45, 2.75) is 59.0 Å². The average molecular weight is 517 g/mol. The summed E-state index contributed by atoms with van der Waals surface area (Å²) < 4.78 is 2.36. The van der Waals surface area contributed by atoms with Crippen molar-refractivity contribution >= 4 is 42.1 Å². The van der Waals surface area contributed by atoms with Gasteiger partial charge in [0.2, 0.25) is 0 Å². The van der Waals surface area contributed by atoms with E-state index < -0.39 is 0 Å². The number of benzene rings is 1. The number of halogens is 2. The van der Waals surface area contributed by atoms with Gasteiger partial charge >= 0.3 is 0 Å². The molecule has 2 aliphatic rings. The highest BCUT2D eigenvalue weighted by atomic mass is 35.5. The van der Waals surface area contributed by atoms with E-state index in [2.05, 4.69) is 84.5 Å². The third kappa shape index (κ3) is 6.45. The summed E-state index contributed by atoms with van der Waals surface area (Å²) in [5, 5.41) is 0. The van der Waals surface area contributed by atoms with Crippen molar-refractivity contribution < 1.29 is 0 Å². The summed E-state index contributed by atoms with van der Waals surface area (Å²) in [6, 6.07) is 11.8. The first kappa shape index (κ1) is 27.7. The quantitative estimate of drug-likeness (QED) is 0.395. The van der Waals surface area contributed by atoms with Crippen LogP contribution in [0, 0.1) is 13.8 Å². The maximum Gasteiger partial charge on any atom is 0.160 e. The Balaban J connectivity index is 0.00000171. The van der Waals surface area contributed by atoms with Crippen LogP contribution in [0.4, 0.5) is 0 Å². The van der Waals surface area contributed by atoms with Gasteiger partial charge in [0.1, 0.15) is 11.3 Å². The second-order valence-corrected chi connectivity index (χ2v) is 10.2. The van der Waals surface area contributed by atoms with E-state index in [1.807, 2.05) is 0 Å². The second kappa shape index (κ2) is 11.9. The number of aromatic nitrogens is 3. The summed E-state index contributed by atoms with van der Waals surface area (Å²) in [4.78, 5) is 15.0. The first-order valence-electron chi connectivity index (χ1n) is 12.5. The molecule has 0 spiro atoms. The fraction of sp³-hybridized carbons (Fsp3) is 0.500. The fourth-order valence-corrected chi connectivity index (χ4v) is 4.95. The molecule has 1 aromatic carbocycles. The molecule has 7 heteroatoms. The van der Waals surface area contributed by atoms with Gasteiger partial charge in [-0.25, -0.2) is 9.97 Å². The van der Waals surface area contributed by atoms with Gasteiger partial charge in [-0.1, -0.05) is 36.4 Å². The summed E-state index contributed by atoms with van der Waals surface area (Å²) in [5.74, 6) is 1.82. The Morgan fingerprint density at radius 1 is 0.971 bits per heavy atom. The van der Waals surface area contributed by atoms with Crippen LogP contribution >= 0.6 is 24.8 Å². The number of hydrogen-bond donors (Lipinski definition) is 0. The van der Waals surface area contributed by atoms with E-state index >= 15 is 0 Å². The molecule has 2 aromatic heterocycles. The maximum atomic E-state index is 5.01. The molecular formula is C28H39Cl2N5. The molecule has 0 atom stereocenters. The van der Waals surface area contributed by atoms with Crippen molar-refractivity contribution in [1.82, 2.24) is 24.3 Å². The molecule has 2 fully saturated rings. The SMILES string of the molecule is Cc1cc(C)c2nc(C3CC3)n(Cc3ccc(/C=C/CN4CCN(C(C)C)CC4)cc3)c2n1.Cl.Cl. The summed E-state index contributed by atoms with van der Waals surface area (Å²) in [6.45, 7) is 15.4. The van der Waals surface area contributed by atoms with Crippen molar-refractivity contribution in [2.75, 3.05) is 32.7 Å². The number of fused-ring (bicyclic) bond motifs is 1. The average Bonchev–Trinajstić information content (AvgIpc) is 3.58. The normalized spacial score (nSPS) is 17.2. The van der Waals surface area contributed by atoms with Crippen LogP contribution in [0.15, 0.2) is 36.4 Å². The lowest BCUT2D eigenvalue weighted by Gasteiger charge is -2.36. The van der Waals surface area contributed by atoms with Crippen LogP contribution in [0.3, 0.4) is 0 Å². The van der Waals surface area contributed by atoms with E-state index in [9.17, 15) is 0 Å². The Morgan fingerprint density at radius 2 is 1.66 bits per heavy atom. The minimum absolute atomic E-state index is 0. The van der Waals surface area contributed by atoms with Gasteiger partial charge in [-0.2, -0.15) is 0 Å². The molecule has 190 valence electrons. The zero-order chi connectivity index (χ0) is 22.9. The van der Waals surface area contributed by atoms with Crippen LogP contribution in [0.1, 0.15) is 60.8 Å². The first-order valence-corrected chi connectivity index (χ1v) is 12.5. The molecule has 0 bridgehead atoms. The van der Waals surface area contributed by atoms with Gasteiger partial charge in [0.25, 0.3) is 0 Å². The Kier molecular flexibility index (Phi) is 9.39. The van der Waals surface area contributed by atoms with Gasteiger partial charge < -0.3 is 4.57 Å². The molecule has 5 rings (SSSR count). The Morgan fingerprint density at radius 3 is 2.29 bits per heavy atom. The van der Waals surface area contributed by atoms with E-state index in [1.54, 1.807) is 0 Å². The van der Waals surface area contributed by atoms with Crippen molar-refractivity contribution in [1.29, 1.82) is 0 Å². The van der Waals surface area contributed by atoms with Crippen LogP contribution in [-0.2, 0) is 6.54 Å². The van der Waals surface area contributed by atoms with Gasteiger partial charge in [-0.3, -0.25) is 9.80 Å². The zero-order valence-corrected chi connectivity index (χ0v) is 23.0. The van der Waals surface area contributed by atoms with Crippen LogP contribution in [0.2, 0.25) is 0 Å². The van der Waals surface area contributed by atoms with Crippen molar-refractivity contribution in [3.8, 4) is 0 Å². The summed E-state index contributed by atoms with van der Waals surface area (Å²) in [5.41, 5.74) is 6.97. The Hall–Kier alpha value is -1.92. The fourth-order valence-electron chi connectivity index (χ4n) is 4.95. The number of rotatable bonds is 7. The van der Waals surface area contributed by atoms with Crippen molar-refractivity contribution in [3.05, 3.63) is 64.6 Å². The Bertz CT molecular complexity index is 1140. The number of piperazine rings is 1. The van der Waals surface area contributed by atoms with Gasteiger partial charge in [-0.15, -0.1) is 24.8 Å². The van der Waals surface area contributed by atoms with Gasteiger partial charge in [0, 0.05) is 50.4 Å². The monoisotopic (exact) mass is 515 g/mol. The highest BCUT2D eigenvalue weighted by Gasteiger charge is 2.30. The third-order valence-corrected chi connectivity index (χ3v) is 7.13. The molecule has 1 saturated heterocycles. The number of nitrogens with zero attached hydrogens (tertiary/aromatic N) is 5. The van der Waals surface area contributed by atoms with E-state index in [-0.39, 0.29) is 24.8 Å². The highest BCUT2D eigenvalue weighted by Crippen LogP contribution is 2.41. The van der Waals surface area contributed by atoms with Crippen LogP contribution in [-0.4, -0.2) is 63.1 Å². The predicted octanol–water partition coefficient (Wildman–Crippen LogP) is 5.86. The lowest BCUT2D eigenvalue weighted by Crippen LogP contribution is -2.48. The Labute approximate surface area is 222 Å². The first-order chi connectivity index (χ1) is 16.0. The standard InChI is InChI=1S/C28H37N5.2ClH/c1-20(2)32-16-14-31(15-17-32)13-5-6-23-7-9-24(10-8-23)19-33-27(25-11-12-25)30-26-21(3)18-22(4)29-28(26)33;;/h5-10,18,20,25H,11-17,19H2,1-4H3;2*1H/b6-5+;;. The van der Waals surface area contributed by atoms with Crippen LogP contribution in [0.25, 0.3) is 17.2 Å². The highest BCUT2D eigenvalue weighted by molar-refractivity contribution is 5.85. The van der Waals surface area contributed by atoms with Crippen molar-refractivity contribution in [2.24, 2.45) is 0 Å². The molecule has 0 radical (unpaired) electrons. The predicted molar refractivity (Wildman–Crippen MR) is 151 cm³/mol. The van der Waals surface area contributed by atoms with Crippen LogP contribution < -0.4 is 0 Å². The van der Waals surface area contributed by atoms with E-state index in [1.165, 1.54) is 48.4 Å². The lowest BCUT2D eigenvalue weighted by molar-refractivity contribution is 0.117. The second-order valence-electron chi connectivity index (χ2n) is 10.2. The molecule has 1 aliphatic carbocycles. The minimum Gasteiger partial charge on any atom is -0.308 e. The number of imidazole rings is 1. The van der Waals surface area contributed by atoms with Gasteiger partial charge in [0.05, 0.1) is 6.54 Å². The lowest BCUT2D eigenvalue weighted by atomic mass is 10.1. The molecule has 3 heterocycles. The smallest absolute Gasteiger partial charge is 0.160 e. The topological polar surface area (TPSA) is 37.2 Å². The number of aryl methyl sites for hydroxylation is 2. The van der Waals surface area contributed by atoms with Crippen LogP contribution in [0.5, 0.6) is 0 Å². The largest absolute Gasteiger partial charge is 0.308 e. The number of hydrogen-bond acceptors (Lipinski definition) is 4. The molecule has 35 heavy (non-hydrogen) atoms. The third-order valence-electron chi connectivity index (χ3n) is 7.13. The summed E-state index contributed by atoms with van der Waals surface area (Å²) >= 11 is 0. The van der Waals surface area contributed by atoms with E-state index in [0.29, 0.717) is 12.0 Å². The molecule has 1 aliphatic heterocycles. The molecule has 0 unspecified atom stereocenters. The maximum absolute atomic E-state index is 5.01. The van der Waals surface area contributed by atoms with Crippen molar-refractivity contribution in [3.63, 3.8) is 0 Å². The van der Waals surface area contributed by atoms with Gasteiger partial charge in [-0.05, 0) is 63.3 Å². The van der Waals surface area contributed by atoms with Gasteiger partial charge in [0.15, 0.2) is 5.65 Å². The van der Waals surface area contributed by atoms with E-state index in [4.69, 9.17) is 9.97 Å². The molecule has 0 N–H and O–H groups in total. The molecule has 1 saturated carbocycles. The molecule has 0 amide bonds.